The monoisotopic (exact) mass is 470 g/mol. The topological polar surface area (TPSA) is 120 Å². The highest BCUT2D eigenvalue weighted by Crippen LogP contribution is 2.45. The largest absolute Gasteiger partial charge is 0.490 e. The third-order valence-electron chi connectivity index (χ3n) is 4.72. The van der Waals surface area contributed by atoms with E-state index in [0.29, 0.717) is 30.7 Å². The molecule has 3 aromatic heterocycles. The highest BCUT2D eigenvalue weighted by molar-refractivity contribution is 7.14. The van der Waals surface area contributed by atoms with Crippen molar-refractivity contribution in [1.29, 1.82) is 0 Å². The molecule has 0 spiro atoms. The van der Waals surface area contributed by atoms with Crippen molar-refractivity contribution in [2.45, 2.75) is 26.1 Å². The molecule has 3 aromatic rings. The summed E-state index contributed by atoms with van der Waals surface area (Å²) in [4.78, 5) is 18.9. The van der Waals surface area contributed by atoms with Crippen molar-refractivity contribution in [2.75, 3.05) is 19.8 Å². The fourth-order valence-electron chi connectivity index (χ4n) is 3.29. The third-order valence-corrected chi connectivity index (χ3v) is 5.65. The summed E-state index contributed by atoms with van der Waals surface area (Å²) in [5.74, 6) is -0.282. The van der Waals surface area contributed by atoms with Crippen molar-refractivity contribution >= 4 is 17.3 Å². The lowest BCUT2D eigenvalue weighted by atomic mass is 9.95. The first-order valence-electron chi connectivity index (χ1n) is 9.45. The average Bonchev–Trinajstić information content (AvgIpc) is 3.40. The Kier molecular flexibility index (Phi) is 6.02. The van der Waals surface area contributed by atoms with Gasteiger partial charge in [-0.1, -0.05) is 5.16 Å². The van der Waals surface area contributed by atoms with Gasteiger partial charge in [0, 0.05) is 29.4 Å². The maximum absolute atomic E-state index is 10.6. The molecule has 0 atom stereocenters. The van der Waals surface area contributed by atoms with Crippen LogP contribution in [0.5, 0.6) is 11.5 Å². The Labute approximate surface area is 183 Å². The van der Waals surface area contributed by atoms with E-state index in [1.165, 1.54) is 22.5 Å². The molecule has 32 heavy (non-hydrogen) atoms. The molecule has 0 aliphatic carbocycles. The Morgan fingerprint density at radius 2 is 2.03 bits per heavy atom. The van der Waals surface area contributed by atoms with Gasteiger partial charge < -0.3 is 24.4 Å². The Bertz CT molecular complexity index is 1140. The molecule has 0 radical (unpaired) electrons. The lowest BCUT2D eigenvalue weighted by molar-refractivity contribution is -0.192. The van der Waals surface area contributed by atoms with Gasteiger partial charge in [-0.05, 0) is 31.0 Å². The number of carboxylic acid groups (broad SMARTS) is 1. The van der Waals surface area contributed by atoms with Gasteiger partial charge >= 0.3 is 12.1 Å². The van der Waals surface area contributed by atoms with Gasteiger partial charge in [-0.25, -0.2) is 4.79 Å². The number of ether oxygens (including phenoxy) is 2. The molecule has 9 nitrogen and oxygen atoms in total. The van der Waals surface area contributed by atoms with Crippen molar-refractivity contribution in [3.8, 4) is 33.7 Å². The summed E-state index contributed by atoms with van der Waals surface area (Å²) in [6.45, 7) is 4.84. The van der Waals surface area contributed by atoms with Crippen molar-refractivity contribution in [3.05, 3.63) is 28.4 Å². The summed E-state index contributed by atoms with van der Waals surface area (Å²) < 4.78 is 48.6. The van der Waals surface area contributed by atoms with Crippen LogP contribution in [0, 0.1) is 6.92 Å². The van der Waals surface area contributed by atoms with Gasteiger partial charge in [-0.2, -0.15) is 18.2 Å². The number of nitrogens with one attached hydrogen (secondary N) is 1. The van der Waals surface area contributed by atoms with Crippen LogP contribution in [0.3, 0.4) is 0 Å². The second-order valence-electron chi connectivity index (χ2n) is 6.83. The number of carboxylic acids is 1. The number of rotatable bonds is 2. The standard InChI is InChI=1S/C17H16N4O3S.C2HF3O2/c1-9-13(11-2-3-18-6-10(11)7-19-9)16-20-17(24-21-16)15-14-12(8-25-15)22-4-5-23-14;3-2(4,5)1(6)7/h7-8,18H,2-6H2,1H3;(H,6,7). The molecule has 0 fully saturated rings. The summed E-state index contributed by atoms with van der Waals surface area (Å²) in [6.07, 6.45) is -2.22. The number of pyridine rings is 1. The van der Waals surface area contributed by atoms with Gasteiger partial charge in [0.15, 0.2) is 11.5 Å². The van der Waals surface area contributed by atoms with Crippen LogP contribution < -0.4 is 14.8 Å². The molecular weight excluding hydrogens is 453 g/mol. The van der Waals surface area contributed by atoms with E-state index < -0.39 is 12.1 Å². The number of aliphatic carboxylic acids is 1. The van der Waals surface area contributed by atoms with E-state index in [1.54, 1.807) is 0 Å². The van der Waals surface area contributed by atoms with Gasteiger partial charge in [0.1, 0.15) is 18.1 Å². The molecule has 0 saturated carbocycles. The van der Waals surface area contributed by atoms with E-state index in [9.17, 15) is 13.2 Å². The smallest absolute Gasteiger partial charge is 0.485 e. The van der Waals surface area contributed by atoms with Crippen molar-refractivity contribution in [1.82, 2.24) is 20.4 Å². The molecule has 2 aliphatic rings. The molecule has 0 saturated heterocycles. The third kappa shape index (κ3) is 4.39. The Balaban J connectivity index is 0.000000307. The normalized spacial score (nSPS) is 14.9. The second kappa shape index (κ2) is 8.74. The number of fused-ring (bicyclic) bond motifs is 2. The Morgan fingerprint density at radius 1 is 1.28 bits per heavy atom. The van der Waals surface area contributed by atoms with Crippen LogP contribution in [0.1, 0.15) is 16.8 Å². The van der Waals surface area contributed by atoms with E-state index in [2.05, 4.69) is 20.4 Å². The lowest BCUT2D eigenvalue weighted by Crippen LogP contribution is -2.24. The molecule has 5 rings (SSSR count). The molecule has 2 N–H and O–H groups in total. The minimum Gasteiger partial charge on any atom is -0.485 e. The number of aryl methyl sites for hydroxylation is 1. The molecular formula is C19H17F3N4O5S. The van der Waals surface area contributed by atoms with Gasteiger partial charge in [0.25, 0.3) is 5.89 Å². The van der Waals surface area contributed by atoms with Crippen LogP contribution in [0.2, 0.25) is 0 Å². The first-order chi connectivity index (χ1) is 15.3. The SMILES string of the molecule is Cc1ncc2c(c1-c1noc(-c3scc4c3OCCO4)n1)CCNC2.O=C(O)C(F)(F)F. The Morgan fingerprint density at radius 3 is 2.78 bits per heavy atom. The van der Waals surface area contributed by atoms with Crippen LogP contribution in [-0.2, 0) is 17.8 Å². The molecule has 0 unspecified atom stereocenters. The summed E-state index contributed by atoms with van der Waals surface area (Å²) in [7, 11) is 0. The number of halogens is 3. The minimum atomic E-state index is -5.08. The van der Waals surface area contributed by atoms with Crippen LogP contribution in [0.25, 0.3) is 22.2 Å². The fraction of sp³-hybridized carbons (Fsp3) is 0.368. The zero-order chi connectivity index (χ0) is 22.9. The summed E-state index contributed by atoms with van der Waals surface area (Å²) >= 11 is 1.49. The molecule has 0 aromatic carbocycles. The van der Waals surface area contributed by atoms with Gasteiger partial charge in [-0.3, -0.25) is 4.98 Å². The van der Waals surface area contributed by atoms with E-state index in [1.807, 2.05) is 18.5 Å². The van der Waals surface area contributed by atoms with Crippen molar-refractivity contribution < 1.29 is 37.1 Å². The number of aromatic nitrogens is 3. The maximum Gasteiger partial charge on any atom is 0.490 e. The molecule has 0 amide bonds. The fourth-order valence-corrected chi connectivity index (χ4v) is 4.15. The molecule has 0 bridgehead atoms. The highest BCUT2D eigenvalue weighted by atomic mass is 32.1. The summed E-state index contributed by atoms with van der Waals surface area (Å²) in [6, 6.07) is 0. The van der Waals surface area contributed by atoms with E-state index in [4.69, 9.17) is 23.9 Å². The highest BCUT2D eigenvalue weighted by Gasteiger charge is 2.38. The quantitative estimate of drug-likeness (QED) is 0.582. The zero-order valence-electron chi connectivity index (χ0n) is 16.7. The minimum absolute atomic E-state index is 0.456. The van der Waals surface area contributed by atoms with E-state index in [-0.39, 0.29) is 0 Å². The number of nitrogens with zero attached hydrogens (tertiary/aromatic N) is 3. The first kappa shape index (κ1) is 22.0. The van der Waals surface area contributed by atoms with E-state index >= 15 is 0 Å². The van der Waals surface area contributed by atoms with Gasteiger partial charge in [0.05, 0.1) is 0 Å². The second-order valence-corrected chi connectivity index (χ2v) is 7.71. The van der Waals surface area contributed by atoms with Gasteiger partial charge in [0.2, 0.25) is 5.82 Å². The zero-order valence-corrected chi connectivity index (χ0v) is 17.5. The number of alkyl halides is 3. The molecule has 170 valence electrons. The summed E-state index contributed by atoms with van der Waals surface area (Å²) in [5, 5.41) is 16.6. The average molecular weight is 470 g/mol. The predicted octanol–water partition coefficient (Wildman–Crippen LogP) is 3.22. The van der Waals surface area contributed by atoms with Gasteiger partial charge in [-0.15, -0.1) is 11.3 Å². The molecule has 5 heterocycles. The van der Waals surface area contributed by atoms with Crippen LogP contribution in [0.4, 0.5) is 13.2 Å². The van der Waals surface area contributed by atoms with Crippen LogP contribution in [-0.4, -0.2) is 52.1 Å². The van der Waals surface area contributed by atoms with E-state index in [0.717, 1.165) is 41.4 Å². The Hall–Kier alpha value is -3.19. The molecule has 13 heteroatoms. The summed E-state index contributed by atoms with van der Waals surface area (Å²) in [5.41, 5.74) is 4.35. The number of carbonyl (C=O) groups is 1. The van der Waals surface area contributed by atoms with Crippen LogP contribution in [0.15, 0.2) is 16.1 Å². The van der Waals surface area contributed by atoms with Crippen molar-refractivity contribution in [2.24, 2.45) is 0 Å². The number of thiophene rings is 1. The van der Waals surface area contributed by atoms with Crippen molar-refractivity contribution in [3.63, 3.8) is 0 Å². The number of hydrogen-bond acceptors (Lipinski definition) is 9. The predicted molar refractivity (Wildman–Crippen MR) is 106 cm³/mol. The number of hydrogen-bond donors (Lipinski definition) is 2. The maximum atomic E-state index is 10.6. The first-order valence-corrected chi connectivity index (χ1v) is 10.3. The molecule has 2 aliphatic heterocycles. The lowest BCUT2D eigenvalue weighted by Gasteiger charge is -2.19. The van der Waals surface area contributed by atoms with Crippen LogP contribution >= 0.6 is 11.3 Å².